The van der Waals surface area contributed by atoms with Crippen molar-refractivity contribution in [2.24, 2.45) is 0 Å². The molecule has 0 radical (unpaired) electrons. The van der Waals surface area contributed by atoms with Crippen LogP contribution in [-0.2, 0) is 23.6 Å². The maximum absolute atomic E-state index is 11.3. The predicted molar refractivity (Wildman–Crippen MR) is 76.7 cm³/mol. The molecule has 1 N–H and O–H groups in total. The van der Waals surface area contributed by atoms with Crippen LogP contribution in [-0.4, -0.2) is 27.8 Å². The number of rotatable bonds is 2. The van der Waals surface area contributed by atoms with Gasteiger partial charge in [-0.3, -0.25) is 4.21 Å². The van der Waals surface area contributed by atoms with Gasteiger partial charge in [0.1, 0.15) is 0 Å². The van der Waals surface area contributed by atoms with Crippen LogP contribution in [0.25, 0.3) is 0 Å². The highest BCUT2D eigenvalue weighted by Gasteiger charge is 2.25. The zero-order chi connectivity index (χ0) is 12.5. The lowest BCUT2D eigenvalue weighted by Gasteiger charge is -2.26. The normalized spacial score (nSPS) is 31.3. The zero-order valence-electron chi connectivity index (χ0n) is 10.3. The number of fused-ring (bicyclic) bond motifs is 1. The lowest BCUT2D eigenvalue weighted by Crippen LogP contribution is -2.42. The molecule has 1 aliphatic heterocycles. The molecule has 98 valence electrons. The van der Waals surface area contributed by atoms with Crippen LogP contribution >= 0.6 is 11.6 Å². The van der Waals surface area contributed by atoms with Crippen LogP contribution in [0.3, 0.4) is 0 Å². The first-order valence-corrected chi connectivity index (χ1v) is 8.45. The molecule has 1 aromatic rings. The van der Waals surface area contributed by atoms with Gasteiger partial charge in [0.25, 0.3) is 0 Å². The smallest absolute Gasteiger partial charge is 0.0408 e. The van der Waals surface area contributed by atoms with Gasteiger partial charge in [0.15, 0.2) is 0 Å². The maximum atomic E-state index is 11.3. The molecule has 3 rings (SSSR count). The van der Waals surface area contributed by atoms with Gasteiger partial charge in [-0.15, -0.1) is 0 Å². The van der Waals surface area contributed by atoms with Crippen molar-refractivity contribution in [3.05, 3.63) is 34.3 Å². The molecule has 18 heavy (non-hydrogen) atoms. The Morgan fingerprint density at radius 1 is 1.11 bits per heavy atom. The van der Waals surface area contributed by atoms with Crippen LogP contribution in [0.5, 0.6) is 0 Å². The van der Waals surface area contributed by atoms with E-state index in [1.165, 1.54) is 11.1 Å². The fraction of sp³-hybridized carbons (Fsp3) is 0.571. The molecule has 1 aliphatic carbocycles. The number of hydrogen-bond acceptors (Lipinski definition) is 2. The predicted octanol–water partition coefficient (Wildman–Crippen LogP) is 2.31. The Morgan fingerprint density at radius 2 is 1.83 bits per heavy atom. The second kappa shape index (κ2) is 5.32. The summed E-state index contributed by atoms with van der Waals surface area (Å²) in [6.07, 6.45) is 4.29. The minimum Gasteiger partial charge on any atom is -0.311 e. The van der Waals surface area contributed by atoms with Crippen molar-refractivity contribution in [1.82, 2.24) is 5.32 Å². The molecule has 1 saturated heterocycles. The Labute approximate surface area is 116 Å². The monoisotopic (exact) mass is 283 g/mol. The number of hydrogen-bond donors (Lipinski definition) is 1. The van der Waals surface area contributed by atoms with E-state index < -0.39 is 10.8 Å². The molecule has 1 unspecified atom stereocenters. The van der Waals surface area contributed by atoms with Crippen LogP contribution in [0.2, 0.25) is 5.02 Å². The molecule has 4 heteroatoms. The minimum atomic E-state index is -0.565. The molecule has 0 bridgehead atoms. The van der Waals surface area contributed by atoms with Gasteiger partial charge in [-0.1, -0.05) is 17.7 Å². The van der Waals surface area contributed by atoms with Crippen LogP contribution < -0.4 is 5.32 Å². The molecule has 1 fully saturated rings. The topological polar surface area (TPSA) is 29.1 Å². The molecule has 0 spiro atoms. The Morgan fingerprint density at radius 3 is 2.61 bits per heavy atom. The molecule has 2 aliphatic rings. The zero-order valence-corrected chi connectivity index (χ0v) is 11.9. The largest absolute Gasteiger partial charge is 0.311 e. The second-order valence-corrected chi connectivity index (χ2v) is 7.44. The molecule has 1 aromatic carbocycles. The highest BCUT2D eigenvalue weighted by molar-refractivity contribution is 7.85. The van der Waals surface area contributed by atoms with Crippen molar-refractivity contribution in [1.29, 1.82) is 0 Å². The standard InChI is InChI=1S/C14H18ClNOS/c15-12-2-1-10-8-14(9-11(10)7-12)16-13-3-5-18(17)6-4-13/h1-2,7,13-14,16H,3-6,8-9H2. The van der Waals surface area contributed by atoms with E-state index in [-0.39, 0.29) is 0 Å². The van der Waals surface area contributed by atoms with Crippen LogP contribution in [0.15, 0.2) is 18.2 Å². The Balaban J connectivity index is 1.59. The molecule has 1 atom stereocenters. The maximum Gasteiger partial charge on any atom is 0.0408 e. The van der Waals surface area contributed by atoms with E-state index in [0.29, 0.717) is 12.1 Å². The van der Waals surface area contributed by atoms with Crippen LogP contribution in [0, 0.1) is 0 Å². The summed E-state index contributed by atoms with van der Waals surface area (Å²) in [5.41, 5.74) is 2.82. The number of nitrogens with one attached hydrogen (secondary N) is 1. The van der Waals surface area contributed by atoms with Gasteiger partial charge in [0.2, 0.25) is 0 Å². The summed E-state index contributed by atoms with van der Waals surface area (Å²) in [6.45, 7) is 0. The summed E-state index contributed by atoms with van der Waals surface area (Å²) in [7, 11) is -0.565. The van der Waals surface area contributed by atoms with Gasteiger partial charge >= 0.3 is 0 Å². The van der Waals surface area contributed by atoms with E-state index in [9.17, 15) is 4.21 Å². The third-order valence-corrected chi connectivity index (χ3v) is 5.58. The minimum absolute atomic E-state index is 0.537. The first kappa shape index (κ1) is 12.6. The first-order chi connectivity index (χ1) is 8.70. The summed E-state index contributed by atoms with van der Waals surface area (Å²) in [5, 5.41) is 4.56. The summed E-state index contributed by atoms with van der Waals surface area (Å²) in [6, 6.07) is 7.31. The van der Waals surface area contributed by atoms with Crippen molar-refractivity contribution in [3.8, 4) is 0 Å². The molecule has 1 heterocycles. The molecule has 0 aromatic heterocycles. The van der Waals surface area contributed by atoms with Gasteiger partial charge in [-0.2, -0.15) is 0 Å². The molecule has 0 amide bonds. The Kier molecular flexibility index (Phi) is 3.73. The summed E-state index contributed by atoms with van der Waals surface area (Å²) in [5.74, 6) is 1.73. The number of benzene rings is 1. The van der Waals surface area contributed by atoms with Gasteiger partial charge < -0.3 is 5.32 Å². The summed E-state index contributed by atoms with van der Waals surface area (Å²) < 4.78 is 11.3. The molecular formula is C14H18ClNOS. The van der Waals surface area contributed by atoms with E-state index in [4.69, 9.17) is 11.6 Å². The van der Waals surface area contributed by atoms with Crippen molar-refractivity contribution in [2.75, 3.05) is 11.5 Å². The summed E-state index contributed by atoms with van der Waals surface area (Å²) >= 11 is 6.02. The fourth-order valence-corrected chi connectivity index (χ4v) is 4.49. The van der Waals surface area contributed by atoms with E-state index >= 15 is 0 Å². The number of halogens is 1. The van der Waals surface area contributed by atoms with Gasteiger partial charge in [-0.05, 0) is 48.9 Å². The van der Waals surface area contributed by atoms with E-state index in [2.05, 4.69) is 17.4 Å². The highest BCUT2D eigenvalue weighted by atomic mass is 35.5. The van der Waals surface area contributed by atoms with Gasteiger partial charge in [-0.25, -0.2) is 0 Å². The SMILES string of the molecule is O=S1CCC(NC2Cc3ccc(Cl)cc3C2)CC1. The third kappa shape index (κ3) is 2.79. The van der Waals surface area contributed by atoms with Crippen molar-refractivity contribution >= 4 is 22.4 Å². The molecule has 0 saturated carbocycles. The van der Waals surface area contributed by atoms with Crippen molar-refractivity contribution in [3.63, 3.8) is 0 Å². The van der Waals surface area contributed by atoms with Gasteiger partial charge in [0, 0.05) is 39.4 Å². The molecule has 2 nitrogen and oxygen atoms in total. The van der Waals surface area contributed by atoms with E-state index in [1.54, 1.807) is 0 Å². The van der Waals surface area contributed by atoms with Crippen molar-refractivity contribution < 1.29 is 4.21 Å². The van der Waals surface area contributed by atoms with E-state index in [0.717, 1.165) is 42.2 Å². The van der Waals surface area contributed by atoms with E-state index in [1.807, 2.05) is 6.07 Å². The van der Waals surface area contributed by atoms with Gasteiger partial charge in [0.05, 0.1) is 0 Å². The quantitative estimate of drug-likeness (QED) is 0.902. The lowest BCUT2D eigenvalue weighted by molar-refractivity contribution is 0.411. The third-order valence-electron chi connectivity index (χ3n) is 3.96. The molecular weight excluding hydrogens is 266 g/mol. The average molecular weight is 284 g/mol. The Hall–Kier alpha value is -0.380. The Bertz CT molecular complexity index is 467. The van der Waals surface area contributed by atoms with Crippen LogP contribution in [0.4, 0.5) is 0 Å². The average Bonchev–Trinajstić information content (AvgIpc) is 2.73. The first-order valence-electron chi connectivity index (χ1n) is 6.59. The highest BCUT2D eigenvalue weighted by Crippen LogP contribution is 2.26. The second-order valence-electron chi connectivity index (χ2n) is 5.31. The van der Waals surface area contributed by atoms with Crippen molar-refractivity contribution in [2.45, 2.75) is 37.8 Å². The lowest BCUT2D eigenvalue weighted by atomic mass is 10.1. The van der Waals surface area contributed by atoms with Crippen LogP contribution in [0.1, 0.15) is 24.0 Å². The summed E-state index contributed by atoms with van der Waals surface area (Å²) in [4.78, 5) is 0. The fourth-order valence-electron chi connectivity index (χ4n) is 3.00.